The summed E-state index contributed by atoms with van der Waals surface area (Å²) in [5.74, 6) is -3.40. The van der Waals surface area contributed by atoms with Crippen LogP contribution in [0.3, 0.4) is 0 Å². The number of nitrogens with one attached hydrogen (secondary N) is 2. The van der Waals surface area contributed by atoms with Gasteiger partial charge in [0.1, 0.15) is 52.9 Å². The molecule has 512 valence electrons. The number of aliphatic hydroxyl groups is 2. The molecule has 2 atom stereocenters. The van der Waals surface area contributed by atoms with E-state index in [1.165, 1.54) is 0 Å². The van der Waals surface area contributed by atoms with Gasteiger partial charge in [-0.15, -0.1) is 0 Å². The van der Waals surface area contributed by atoms with E-state index < -0.39 is 60.2 Å². The first-order valence-corrected chi connectivity index (χ1v) is 29.5. The SMILES string of the molecule is C.C.C.C.CCC(COC(=O)CCCCC(=O)OCCOCCOC(=O)CCCCCOC(=O)OCCO)Nc1ccc(NC(CC)COC(=O)CCCCC(=O)OCCOCCOC(=O)CCCCCOC(=O)OCCO)c2c1C(=O)c1ccccc1C2=O. The minimum Gasteiger partial charge on any atom is -0.463 e. The van der Waals surface area contributed by atoms with E-state index in [-0.39, 0.29) is 208 Å². The molecule has 0 heterocycles. The monoisotopic (exact) mass is 1280 g/mol. The molecule has 26 heteroatoms. The lowest BCUT2D eigenvalue weighted by atomic mass is 9.82. The van der Waals surface area contributed by atoms with Crippen LogP contribution < -0.4 is 10.6 Å². The lowest BCUT2D eigenvalue weighted by molar-refractivity contribution is -0.148. The van der Waals surface area contributed by atoms with E-state index in [2.05, 4.69) is 20.1 Å². The number of hydrogen-bond donors (Lipinski definition) is 4. The maximum atomic E-state index is 14.2. The Labute approximate surface area is 530 Å². The highest BCUT2D eigenvalue weighted by molar-refractivity contribution is 6.32. The number of hydrogen-bond acceptors (Lipinski definition) is 26. The van der Waals surface area contributed by atoms with Crippen molar-refractivity contribution in [2.75, 3.05) is 116 Å². The number of esters is 6. The van der Waals surface area contributed by atoms with Crippen molar-refractivity contribution in [3.05, 3.63) is 58.7 Å². The number of aliphatic hydroxyl groups excluding tert-OH is 2. The molecule has 4 N–H and O–H groups in total. The molecular formula is C64H102N2O24. The summed E-state index contributed by atoms with van der Waals surface area (Å²) in [6, 6.07) is 9.02. The summed E-state index contributed by atoms with van der Waals surface area (Å²) < 4.78 is 61.3. The van der Waals surface area contributed by atoms with Gasteiger partial charge in [0.15, 0.2) is 11.6 Å². The van der Waals surface area contributed by atoms with Gasteiger partial charge in [0.2, 0.25) is 0 Å². The maximum Gasteiger partial charge on any atom is 0.508 e. The second-order valence-electron chi connectivity index (χ2n) is 19.5. The van der Waals surface area contributed by atoms with Crippen LogP contribution in [0.5, 0.6) is 0 Å². The van der Waals surface area contributed by atoms with Crippen LogP contribution in [0.4, 0.5) is 21.0 Å². The Bertz CT molecular complexity index is 2250. The molecule has 0 radical (unpaired) electrons. The molecule has 1 aliphatic rings. The van der Waals surface area contributed by atoms with E-state index in [0.717, 1.165) is 0 Å². The zero-order chi connectivity index (χ0) is 62.6. The van der Waals surface area contributed by atoms with Crippen molar-refractivity contribution in [1.82, 2.24) is 0 Å². The van der Waals surface area contributed by atoms with Crippen LogP contribution in [0.25, 0.3) is 0 Å². The molecule has 0 bridgehead atoms. The Morgan fingerprint density at radius 1 is 0.367 bits per heavy atom. The predicted octanol–water partition coefficient (Wildman–Crippen LogP) is 9.21. The first-order valence-electron chi connectivity index (χ1n) is 29.5. The highest BCUT2D eigenvalue weighted by atomic mass is 16.7. The average Bonchev–Trinajstić information content (AvgIpc) is 0.752. The molecule has 0 saturated carbocycles. The van der Waals surface area contributed by atoms with Crippen LogP contribution in [-0.2, 0) is 85.6 Å². The van der Waals surface area contributed by atoms with Crippen LogP contribution in [-0.4, -0.2) is 188 Å². The zero-order valence-electron chi connectivity index (χ0n) is 49.5. The molecule has 2 unspecified atom stereocenters. The molecular weight excluding hydrogens is 1180 g/mol. The Morgan fingerprint density at radius 3 is 0.956 bits per heavy atom. The van der Waals surface area contributed by atoms with Gasteiger partial charge >= 0.3 is 48.1 Å². The number of benzene rings is 2. The van der Waals surface area contributed by atoms with E-state index in [0.29, 0.717) is 88.4 Å². The molecule has 0 aliphatic heterocycles. The van der Waals surface area contributed by atoms with Crippen LogP contribution in [0.2, 0.25) is 0 Å². The number of ether oxygens (including phenoxy) is 12. The van der Waals surface area contributed by atoms with Crippen LogP contribution in [0.1, 0.15) is 191 Å². The van der Waals surface area contributed by atoms with Crippen molar-refractivity contribution in [3.8, 4) is 0 Å². The molecule has 0 fully saturated rings. The lowest BCUT2D eigenvalue weighted by Gasteiger charge is -2.27. The Morgan fingerprint density at radius 2 is 0.656 bits per heavy atom. The van der Waals surface area contributed by atoms with Crippen molar-refractivity contribution < 1.29 is 115 Å². The van der Waals surface area contributed by atoms with Crippen LogP contribution in [0, 0.1) is 0 Å². The highest BCUT2D eigenvalue weighted by Crippen LogP contribution is 2.37. The first-order chi connectivity index (χ1) is 41.7. The third-order valence-electron chi connectivity index (χ3n) is 12.8. The number of rotatable bonds is 48. The standard InChI is InChI=1S/C60H86N2O24.4CH4/c1-3-43(41-85-53(69)23-13-11-21-51(67)79-39-35-75-33-37-77-49(65)19-7-5-15-29-81-59(73)83-31-27-63)61-47-25-26-48(56-55(47)57(71)45-17-9-10-18-46(45)58(56)72)62-44(4-2)42-86-54(70)24-14-12-22-52(68)80-40-36-76-34-38-78-50(66)20-8-6-16-30-82-60(74)84-32-28-64;;;;/h9-10,17-18,25-26,43-44,61-64H,3-8,11-16,19-24,27-42H2,1-2H3;4*1H4. The number of ketones is 2. The zero-order valence-corrected chi connectivity index (χ0v) is 49.5. The molecule has 26 nitrogen and oxygen atoms in total. The summed E-state index contributed by atoms with van der Waals surface area (Å²) in [6.45, 7) is 3.63. The van der Waals surface area contributed by atoms with E-state index in [9.17, 15) is 47.9 Å². The Balaban J connectivity index is 0. The fraction of sp³-hybridized carbons (Fsp3) is 0.656. The smallest absolute Gasteiger partial charge is 0.463 e. The van der Waals surface area contributed by atoms with Crippen molar-refractivity contribution in [1.29, 1.82) is 0 Å². The summed E-state index contributed by atoms with van der Waals surface area (Å²) >= 11 is 0. The second-order valence-corrected chi connectivity index (χ2v) is 19.5. The third-order valence-corrected chi connectivity index (χ3v) is 12.8. The summed E-state index contributed by atoms with van der Waals surface area (Å²) in [5.41, 5.74) is 1.54. The largest absolute Gasteiger partial charge is 0.508 e. The van der Waals surface area contributed by atoms with Crippen molar-refractivity contribution in [3.63, 3.8) is 0 Å². The van der Waals surface area contributed by atoms with E-state index >= 15 is 0 Å². The quantitative estimate of drug-likeness (QED) is 0.0232. The Kier molecular flexibility index (Phi) is 49.2. The number of carbonyl (C=O) groups is 10. The van der Waals surface area contributed by atoms with Crippen LogP contribution in [0.15, 0.2) is 36.4 Å². The van der Waals surface area contributed by atoms with Crippen LogP contribution >= 0.6 is 0 Å². The van der Waals surface area contributed by atoms with Gasteiger partial charge in [-0.05, 0) is 89.2 Å². The van der Waals surface area contributed by atoms with Gasteiger partial charge in [-0.25, -0.2) is 9.59 Å². The van der Waals surface area contributed by atoms with Gasteiger partial charge in [0, 0.05) is 61.0 Å². The van der Waals surface area contributed by atoms with Gasteiger partial charge < -0.3 is 77.7 Å². The van der Waals surface area contributed by atoms with Crippen molar-refractivity contribution in [2.24, 2.45) is 0 Å². The summed E-state index contributed by atoms with van der Waals surface area (Å²) in [6.07, 6.45) is 4.85. The molecule has 0 spiro atoms. The molecule has 2 aromatic carbocycles. The third kappa shape index (κ3) is 36.3. The van der Waals surface area contributed by atoms with E-state index in [1.807, 2.05) is 13.8 Å². The fourth-order valence-electron chi connectivity index (χ4n) is 8.13. The topological polar surface area (TPSA) is 346 Å². The summed E-state index contributed by atoms with van der Waals surface area (Å²) in [7, 11) is 0. The molecule has 90 heavy (non-hydrogen) atoms. The normalized spacial score (nSPS) is 11.6. The van der Waals surface area contributed by atoms with Gasteiger partial charge in [-0.1, -0.05) is 67.8 Å². The van der Waals surface area contributed by atoms with E-state index in [4.69, 9.17) is 57.6 Å². The number of carbonyl (C=O) groups excluding carboxylic acids is 10. The lowest BCUT2D eigenvalue weighted by Crippen LogP contribution is -2.31. The first kappa shape index (κ1) is 84.6. The van der Waals surface area contributed by atoms with E-state index in [1.54, 1.807) is 36.4 Å². The minimum atomic E-state index is -0.853. The molecule has 0 aromatic heterocycles. The van der Waals surface area contributed by atoms with Gasteiger partial charge in [0.05, 0.1) is 76.1 Å². The summed E-state index contributed by atoms with van der Waals surface area (Å²) in [4.78, 5) is 125. The average molecular weight is 1280 g/mol. The maximum absolute atomic E-state index is 14.2. The molecule has 3 rings (SSSR count). The van der Waals surface area contributed by atoms with Gasteiger partial charge in [0.25, 0.3) is 0 Å². The van der Waals surface area contributed by atoms with Gasteiger partial charge in [-0.2, -0.15) is 0 Å². The number of fused-ring (bicyclic) bond motifs is 2. The number of anilines is 2. The molecule has 0 saturated heterocycles. The Hall–Kier alpha value is -7.42. The molecule has 1 aliphatic carbocycles. The summed E-state index contributed by atoms with van der Waals surface area (Å²) in [5, 5.41) is 23.9. The predicted molar refractivity (Wildman–Crippen MR) is 332 cm³/mol. The fourth-order valence-corrected chi connectivity index (χ4v) is 8.13. The number of unbranched alkanes of at least 4 members (excludes halogenated alkanes) is 6. The molecule has 2 aromatic rings. The highest BCUT2D eigenvalue weighted by Gasteiger charge is 2.35. The second kappa shape index (κ2) is 52.4. The minimum absolute atomic E-state index is 0. The molecule has 0 amide bonds. The van der Waals surface area contributed by atoms with Crippen molar-refractivity contribution in [2.45, 2.75) is 171 Å². The van der Waals surface area contributed by atoms with Gasteiger partial charge in [-0.3, -0.25) is 38.4 Å². The van der Waals surface area contributed by atoms with Crippen molar-refractivity contribution >= 4 is 71.1 Å².